The van der Waals surface area contributed by atoms with Crippen molar-refractivity contribution >= 4 is 11.7 Å². The molecule has 0 aromatic heterocycles. The number of rotatable bonds is 3. The van der Waals surface area contributed by atoms with Gasteiger partial charge < -0.3 is 10.0 Å². The fraction of sp³-hybridized carbons (Fsp3) is 0.235. The van der Waals surface area contributed by atoms with Gasteiger partial charge in [0, 0.05) is 18.8 Å². The van der Waals surface area contributed by atoms with Crippen LogP contribution in [-0.2, 0) is 13.0 Å². The summed E-state index contributed by atoms with van der Waals surface area (Å²) in [6.07, 6.45) is 1.72. The van der Waals surface area contributed by atoms with Crippen molar-refractivity contribution in [3.63, 3.8) is 0 Å². The highest BCUT2D eigenvalue weighted by molar-refractivity contribution is 5.91. The van der Waals surface area contributed by atoms with E-state index < -0.39 is 5.97 Å². The van der Waals surface area contributed by atoms with E-state index >= 15 is 0 Å². The number of carbonyl (C=O) groups is 1. The molecule has 108 valence electrons. The molecular weight excluding hydrogens is 269 g/mol. The molecular formula is C17H16FNO2. The SMILES string of the molecule is O=C(O)c1cccc2c1CCCN2Cc1ccc(F)cc1. The number of halogens is 1. The number of hydrogen-bond donors (Lipinski definition) is 1. The molecule has 1 heterocycles. The predicted molar refractivity (Wildman–Crippen MR) is 79.2 cm³/mol. The molecule has 0 fully saturated rings. The van der Waals surface area contributed by atoms with Crippen LogP contribution in [0.2, 0.25) is 0 Å². The van der Waals surface area contributed by atoms with E-state index in [0.29, 0.717) is 12.1 Å². The molecule has 0 saturated carbocycles. The van der Waals surface area contributed by atoms with E-state index in [1.807, 2.05) is 6.07 Å². The molecule has 2 aromatic rings. The molecule has 0 radical (unpaired) electrons. The second kappa shape index (κ2) is 5.56. The van der Waals surface area contributed by atoms with Crippen LogP contribution in [0.1, 0.15) is 27.9 Å². The number of benzene rings is 2. The van der Waals surface area contributed by atoms with Crippen molar-refractivity contribution < 1.29 is 14.3 Å². The number of carboxylic acid groups (broad SMARTS) is 1. The van der Waals surface area contributed by atoms with Gasteiger partial charge in [-0.2, -0.15) is 0 Å². The van der Waals surface area contributed by atoms with Gasteiger partial charge in [-0.25, -0.2) is 9.18 Å². The Hall–Kier alpha value is -2.36. The van der Waals surface area contributed by atoms with Crippen molar-refractivity contribution in [3.05, 3.63) is 65.0 Å². The third kappa shape index (κ3) is 2.75. The Morgan fingerprint density at radius 1 is 1.19 bits per heavy atom. The molecule has 0 bridgehead atoms. The second-order valence-electron chi connectivity index (χ2n) is 5.26. The normalized spacial score (nSPS) is 13.9. The van der Waals surface area contributed by atoms with Gasteiger partial charge in [0.1, 0.15) is 5.82 Å². The van der Waals surface area contributed by atoms with E-state index in [4.69, 9.17) is 0 Å². The molecule has 21 heavy (non-hydrogen) atoms. The summed E-state index contributed by atoms with van der Waals surface area (Å²) in [4.78, 5) is 13.5. The Morgan fingerprint density at radius 2 is 1.95 bits per heavy atom. The first kappa shape index (κ1) is 13.6. The fourth-order valence-electron chi connectivity index (χ4n) is 2.88. The van der Waals surface area contributed by atoms with Gasteiger partial charge in [-0.15, -0.1) is 0 Å². The Balaban J connectivity index is 1.92. The smallest absolute Gasteiger partial charge is 0.336 e. The van der Waals surface area contributed by atoms with Gasteiger partial charge in [0.25, 0.3) is 0 Å². The van der Waals surface area contributed by atoms with Gasteiger partial charge in [0.2, 0.25) is 0 Å². The topological polar surface area (TPSA) is 40.5 Å². The summed E-state index contributed by atoms with van der Waals surface area (Å²) in [5, 5.41) is 9.29. The lowest BCUT2D eigenvalue weighted by Gasteiger charge is -2.32. The lowest BCUT2D eigenvalue weighted by Crippen LogP contribution is -2.29. The first-order valence-electron chi connectivity index (χ1n) is 7.00. The van der Waals surface area contributed by atoms with Crippen molar-refractivity contribution in [2.75, 3.05) is 11.4 Å². The van der Waals surface area contributed by atoms with Gasteiger partial charge in [0.05, 0.1) is 5.56 Å². The summed E-state index contributed by atoms with van der Waals surface area (Å²) in [5.74, 6) is -1.12. The lowest BCUT2D eigenvalue weighted by atomic mass is 9.96. The van der Waals surface area contributed by atoms with E-state index in [9.17, 15) is 14.3 Å². The minimum absolute atomic E-state index is 0.244. The summed E-state index contributed by atoms with van der Waals surface area (Å²) in [6.45, 7) is 1.55. The lowest BCUT2D eigenvalue weighted by molar-refractivity contribution is 0.0695. The molecule has 2 aromatic carbocycles. The highest BCUT2D eigenvalue weighted by Crippen LogP contribution is 2.31. The van der Waals surface area contributed by atoms with E-state index in [0.717, 1.165) is 36.2 Å². The van der Waals surface area contributed by atoms with Crippen LogP contribution in [0.25, 0.3) is 0 Å². The van der Waals surface area contributed by atoms with E-state index in [1.165, 1.54) is 12.1 Å². The van der Waals surface area contributed by atoms with Gasteiger partial charge >= 0.3 is 5.97 Å². The van der Waals surface area contributed by atoms with E-state index in [-0.39, 0.29) is 5.82 Å². The summed E-state index contributed by atoms with van der Waals surface area (Å²) in [5.41, 5.74) is 3.28. The number of aromatic carboxylic acids is 1. The van der Waals surface area contributed by atoms with Crippen LogP contribution < -0.4 is 4.90 Å². The Bertz CT molecular complexity index is 667. The van der Waals surface area contributed by atoms with Crippen LogP contribution in [0.15, 0.2) is 42.5 Å². The molecule has 0 amide bonds. The van der Waals surface area contributed by atoms with Gasteiger partial charge in [-0.05, 0) is 48.2 Å². The largest absolute Gasteiger partial charge is 0.478 e. The Labute approximate surface area is 122 Å². The van der Waals surface area contributed by atoms with Crippen molar-refractivity contribution in [3.8, 4) is 0 Å². The van der Waals surface area contributed by atoms with Crippen LogP contribution in [0.4, 0.5) is 10.1 Å². The average molecular weight is 285 g/mol. The number of hydrogen-bond acceptors (Lipinski definition) is 2. The number of fused-ring (bicyclic) bond motifs is 1. The van der Waals surface area contributed by atoms with Crippen LogP contribution in [0.5, 0.6) is 0 Å². The monoisotopic (exact) mass is 285 g/mol. The summed E-state index contributed by atoms with van der Waals surface area (Å²) < 4.78 is 13.0. The van der Waals surface area contributed by atoms with E-state index in [2.05, 4.69) is 4.90 Å². The van der Waals surface area contributed by atoms with Crippen molar-refractivity contribution in [1.82, 2.24) is 0 Å². The highest BCUT2D eigenvalue weighted by atomic mass is 19.1. The molecule has 0 saturated heterocycles. The minimum Gasteiger partial charge on any atom is -0.478 e. The van der Waals surface area contributed by atoms with E-state index in [1.54, 1.807) is 24.3 Å². The van der Waals surface area contributed by atoms with Crippen molar-refractivity contribution in [1.29, 1.82) is 0 Å². The van der Waals surface area contributed by atoms with Gasteiger partial charge in [0.15, 0.2) is 0 Å². The van der Waals surface area contributed by atoms with Gasteiger partial charge in [-0.3, -0.25) is 0 Å². The maximum absolute atomic E-state index is 13.0. The molecule has 0 aliphatic carbocycles. The van der Waals surface area contributed by atoms with Crippen molar-refractivity contribution in [2.24, 2.45) is 0 Å². The number of carboxylic acids is 1. The molecule has 1 N–H and O–H groups in total. The van der Waals surface area contributed by atoms with Crippen LogP contribution in [0.3, 0.4) is 0 Å². The summed E-state index contributed by atoms with van der Waals surface area (Å²) in [7, 11) is 0. The standard InChI is InChI=1S/C17H16FNO2/c18-13-8-6-12(7-9-13)11-19-10-2-4-14-15(17(20)21)3-1-5-16(14)19/h1,3,5-9H,2,4,10-11H2,(H,20,21). The molecule has 3 rings (SSSR count). The predicted octanol–water partition coefficient (Wildman–Crippen LogP) is 3.48. The average Bonchev–Trinajstić information content (AvgIpc) is 2.49. The maximum atomic E-state index is 13.0. The zero-order valence-corrected chi connectivity index (χ0v) is 11.6. The molecule has 4 heteroatoms. The first-order chi connectivity index (χ1) is 10.1. The maximum Gasteiger partial charge on any atom is 0.336 e. The van der Waals surface area contributed by atoms with Crippen LogP contribution in [-0.4, -0.2) is 17.6 Å². The quantitative estimate of drug-likeness (QED) is 0.938. The molecule has 1 aliphatic rings. The summed E-state index contributed by atoms with van der Waals surface area (Å²) in [6, 6.07) is 11.8. The molecule has 1 aliphatic heterocycles. The zero-order chi connectivity index (χ0) is 14.8. The van der Waals surface area contributed by atoms with Gasteiger partial charge in [-0.1, -0.05) is 18.2 Å². The first-order valence-corrected chi connectivity index (χ1v) is 7.00. The van der Waals surface area contributed by atoms with Crippen LogP contribution in [0, 0.1) is 5.82 Å². The number of anilines is 1. The van der Waals surface area contributed by atoms with Crippen LogP contribution >= 0.6 is 0 Å². The molecule has 0 unspecified atom stereocenters. The summed E-state index contributed by atoms with van der Waals surface area (Å²) >= 11 is 0. The highest BCUT2D eigenvalue weighted by Gasteiger charge is 2.21. The molecule has 0 atom stereocenters. The van der Waals surface area contributed by atoms with Crippen molar-refractivity contribution in [2.45, 2.75) is 19.4 Å². The molecule has 0 spiro atoms. The second-order valence-corrected chi connectivity index (χ2v) is 5.26. The zero-order valence-electron chi connectivity index (χ0n) is 11.6. The third-order valence-corrected chi connectivity index (χ3v) is 3.86. The number of nitrogens with zero attached hydrogens (tertiary/aromatic N) is 1. The molecule has 3 nitrogen and oxygen atoms in total. The minimum atomic E-state index is -0.879. The fourth-order valence-corrected chi connectivity index (χ4v) is 2.88. The Kier molecular flexibility index (Phi) is 3.60. The Morgan fingerprint density at radius 3 is 2.67 bits per heavy atom. The third-order valence-electron chi connectivity index (χ3n) is 3.86.